The van der Waals surface area contributed by atoms with Gasteiger partial charge in [-0.2, -0.15) is 0 Å². The molecule has 0 bridgehead atoms. The second-order valence-corrected chi connectivity index (χ2v) is 6.59. The number of hydrogen-bond donors (Lipinski definition) is 1. The first-order valence-corrected chi connectivity index (χ1v) is 7.93. The van der Waals surface area contributed by atoms with Gasteiger partial charge in [0.1, 0.15) is 11.3 Å². The smallest absolute Gasteiger partial charge is 0.336 e. The number of carbonyl (C=O) groups is 1. The van der Waals surface area contributed by atoms with Crippen molar-refractivity contribution in [2.75, 3.05) is 0 Å². The van der Waals surface area contributed by atoms with Gasteiger partial charge < -0.3 is 5.11 Å². The van der Waals surface area contributed by atoms with Gasteiger partial charge in [-0.15, -0.1) is 5.10 Å². The van der Waals surface area contributed by atoms with Crippen molar-refractivity contribution in [3.05, 3.63) is 56.2 Å². The molecule has 1 N–H and O–H groups in total. The second-order valence-electron chi connectivity index (χ2n) is 4.55. The van der Waals surface area contributed by atoms with Crippen LogP contribution in [0.5, 0.6) is 0 Å². The van der Waals surface area contributed by atoms with Gasteiger partial charge >= 0.3 is 5.97 Å². The molecule has 1 aromatic heterocycles. The lowest BCUT2D eigenvalue weighted by molar-refractivity contribution is 0.0695. The lowest BCUT2D eigenvalue weighted by atomic mass is 9.98. The summed E-state index contributed by atoms with van der Waals surface area (Å²) >= 11 is 2.88. The Balaban J connectivity index is 2.18. The van der Waals surface area contributed by atoms with Crippen molar-refractivity contribution in [2.45, 2.75) is 6.42 Å². The van der Waals surface area contributed by atoms with Crippen LogP contribution in [0.25, 0.3) is 10.2 Å². The number of rotatable bonds is 3. The van der Waals surface area contributed by atoms with Crippen molar-refractivity contribution in [1.82, 2.24) is 9.59 Å². The molecule has 2 aromatic carbocycles. The van der Waals surface area contributed by atoms with Gasteiger partial charge in [0.15, 0.2) is 5.82 Å². The van der Waals surface area contributed by atoms with E-state index in [2.05, 4.69) is 9.59 Å². The van der Waals surface area contributed by atoms with Crippen molar-refractivity contribution < 1.29 is 18.7 Å². The van der Waals surface area contributed by atoms with Gasteiger partial charge in [0.25, 0.3) is 0 Å². The quantitative estimate of drug-likeness (QED) is 0.639. The Morgan fingerprint density at radius 1 is 1.32 bits per heavy atom. The number of carboxylic acid groups (broad SMARTS) is 1. The Labute approximate surface area is 141 Å². The Morgan fingerprint density at radius 3 is 2.77 bits per heavy atom. The first-order valence-electron chi connectivity index (χ1n) is 6.08. The summed E-state index contributed by atoms with van der Waals surface area (Å²) in [6.07, 6.45) is -0.163. The highest BCUT2D eigenvalue weighted by Crippen LogP contribution is 2.28. The van der Waals surface area contributed by atoms with Gasteiger partial charge in [-0.1, -0.05) is 10.6 Å². The van der Waals surface area contributed by atoms with E-state index < -0.39 is 17.6 Å². The maximum absolute atomic E-state index is 14.5. The van der Waals surface area contributed by atoms with E-state index >= 15 is 0 Å². The van der Waals surface area contributed by atoms with Crippen LogP contribution in [0.1, 0.15) is 21.5 Å². The minimum atomic E-state index is -1.27. The van der Waals surface area contributed by atoms with E-state index in [9.17, 15) is 18.7 Å². The molecule has 0 aliphatic heterocycles. The molecule has 0 unspecified atom stereocenters. The number of halogens is 3. The zero-order valence-electron chi connectivity index (χ0n) is 10.8. The third kappa shape index (κ3) is 2.68. The zero-order valence-corrected chi connectivity index (χ0v) is 13.8. The van der Waals surface area contributed by atoms with Crippen LogP contribution in [0.4, 0.5) is 8.78 Å². The van der Waals surface area contributed by atoms with Crippen LogP contribution in [0.3, 0.4) is 0 Å². The lowest BCUT2D eigenvalue weighted by Gasteiger charge is -2.09. The Bertz CT molecular complexity index is 898. The highest BCUT2D eigenvalue weighted by Gasteiger charge is 2.21. The van der Waals surface area contributed by atoms with Crippen LogP contribution in [-0.2, 0) is 6.42 Å². The number of fused-ring (bicyclic) bond motifs is 1. The summed E-state index contributed by atoms with van der Waals surface area (Å²) in [4.78, 5) is 11.4. The largest absolute Gasteiger partial charge is 0.478 e. The molecule has 8 heteroatoms. The molecule has 0 saturated heterocycles. The van der Waals surface area contributed by atoms with Crippen molar-refractivity contribution in [3.8, 4) is 0 Å². The molecule has 112 valence electrons. The molecular formula is C14H7F2IN2O2S. The SMILES string of the molecule is O=C(O)c1cc2snnc2c(F)c1Cc1ccc(I)cc1F. The second kappa shape index (κ2) is 5.84. The molecule has 0 saturated carbocycles. The summed E-state index contributed by atoms with van der Waals surface area (Å²) in [7, 11) is 0. The van der Waals surface area contributed by atoms with Crippen molar-refractivity contribution in [3.63, 3.8) is 0 Å². The molecule has 0 atom stereocenters. The molecule has 3 rings (SSSR count). The van der Waals surface area contributed by atoms with E-state index in [4.69, 9.17) is 0 Å². The predicted molar refractivity (Wildman–Crippen MR) is 86.3 cm³/mol. The van der Waals surface area contributed by atoms with Gasteiger partial charge in [-0.3, -0.25) is 0 Å². The number of aromatic nitrogens is 2. The normalized spacial score (nSPS) is 11.0. The minimum absolute atomic E-state index is 0.0101. The van der Waals surface area contributed by atoms with Gasteiger partial charge in [0.2, 0.25) is 0 Å². The topological polar surface area (TPSA) is 63.1 Å². The predicted octanol–water partition coefficient (Wildman–Crippen LogP) is 3.86. The summed E-state index contributed by atoms with van der Waals surface area (Å²) in [6.45, 7) is 0. The molecule has 0 spiro atoms. The summed E-state index contributed by atoms with van der Waals surface area (Å²) in [5.41, 5.74) is -0.0536. The van der Waals surface area contributed by atoms with Gasteiger partial charge in [0, 0.05) is 15.6 Å². The summed E-state index contributed by atoms with van der Waals surface area (Å²) in [5.74, 6) is -2.53. The van der Waals surface area contributed by atoms with Crippen molar-refractivity contribution >= 4 is 50.3 Å². The maximum atomic E-state index is 14.5. The first-order chi connectivity index (χ1) is 10.5. The fourth-order valence-corrected chi connectivity index (χ4v) is 3.19. The lowest BCUT2D eigenvalue weighted by Crippen LogP contribution is -2.07. The summed E-state index contributed by atoms with van der Waals surface area (Å²) in [6, 6.07) is 5.84. The molecule has 0 fully saturated rings. The molecule has 4 nitrogen and oxygen atoms in total. The monoisotopic (exact) mass is 432 g/mol. The van der Waals surface area contributed by atoms with Crippen molar-refractivity contribution in [1.29, 1.82) is 0 Å². The average Bonchev–Trinajstić information content (AvgIpc) is 2.92. The third-order valence-electron chi connectivity index (χ3n) is 3.20. The average molecular weight is 432 g/mol. The molecule has 0 radical (unpaired) electrons. The van der Waals surface area contributed by atoms with E-state index in [0.717, 1.165) is 11.5 Å². The zero-order chi connectivity index (χ0) is 15.9. The number of benzene rings is 2. The fraction of sp³-hybridized carbons (Fsp3) is 0.0714. The Kier molecular flexibility index (Phi) is 4.04. The molecule has 0 aliphatic rings. The number of nitrogens with zero attached hydrogens (tertiary/aromatic N) is 2. The van der Waals surface area contributed by atoms with Crippen LogP contribution in [0.2, 0.25) is 0 Å². The molecule has 0 amide bonds. The van der Waals surface area contributed by atoms with Crippen molar-refractivity contribution in [2.24, 2.45) is 0 Å². The van der Waals surface area contributed by atoms with Crippen LogP contribution < -0.4 is 0 Å². The van der Waals surface area contributed by atoms with Gasteiger partial charge in [-0.05, 0) is 57.9 Å². The van der Waals surface area contributed by atoms with Crippen LogP contribution in [-0.4, -0.2) is 20.7 Å². The minimum Gasteiger partial charge on any atom is -0.478 e. The van der Waals surface area contributed by atoms with Gasteiger partial charge in [-0.25, -0.2) is 13.6 Å². The van der Waals surface area contributed by atoms with E-state index in [1.165, 1.54) is 18.2 Å². The highest BCUT2D eigenvalue weighted by molar-refractivity contribution is 14.1. The Morgan fingerprint density at radius 2 is 2.09 bits per heavy atom. The molecule has 22 heavy (non-hydrogen) atoms. The molecule has 0 aliphatic carbocycles. The van der Waals surface area contributed by atoms with Crippen LogP contribution >= 0.6 is 34.1 Å². The molecule has 3 aromatic rings. The number of hydrogen-bond acceptors (Lipinski definition) is 4. The molecule has 1 heterocycles. The van der Waals surface area contributed by atoms with E-state index in [1.54, 1.807) is 6.07 Å². The summed E-state index contributed by atoms with van der Waals surface area (Å²) in [5, 5.41) is 12.9. The first kappa shape index (κ1) is 15.2. The van der Waals surface area contributed by atoms with E-state index in [0.29, 0.717) is 8.27 Å². The molecular weight excluding hydrogens is 425 g/mol. The standard InChI is InChI=1S/C14H7F2IN2O2S/c15-10-4-7(17)2-1-6(10)3-8-9(14(20)21)5-11-13(12(8)16)18-19-22-11/h1-2,4-5H,3H2,(H,20,21). The maximum Gasteiger partial charge on any atom is 0.336 e. The van der Waals surface area contributed by atoms with Crippen LogP contribution in [0, 0.1) is 15.2 Å². The highest BCUT2D eigenvalue weighted by atomic mass is 127. The van der Waals surface area contributed by atoms with E-state index in [-0.39, 0.29) is 28.6 Å². The number of aromatic carboxylic acids is 1. The third-order valence-corrected chi connectivity index (χ3v) is 4.54. The Hall–Kier alpha value is -1.68. The van der Waals surface area contributed by atoms with Gasteiger partial charge in [0.05, 0.1) is 10.3 Å². The summed E-state index contributed by atoms with van der Waals surface area (Å²) < 4.78 is 33.2. The fourth-order valence-electron chi connectivity index (χ4n) is 2.14. The van der Waals surface area contributed by atoms with E-state index in [1.807, 2.05) is 22.6 Å². The van der Waals surface area contributed by atoms with Crippen LogP contribution in [0.15, 0.2) is 24.3 Å². The number of carboxylic acids is 1.